The molecule has 3 atom stereocenters. The molecule has 0 amide bonds. The monoisotopic (exact) mass is 1600 g/mol. The molecule has 0 saturated carbocycles. The van der Waals surface area contributed by atoms with Gasteiger partial charge in [0.1, 0.15) is 0 Å². The molecule has 3 aliphatic heterocycles. The van der Waals surface area contributed by atoms with Crippen LogP contribution >= 0.6 is 39.1 Å². The normalized spacial score (nSPS) is 18.0. The number of aromatic nitrogens is 12. The van der Waals surface area contributed by atoms with E-state index in [1.807, 2.05) is 84.0 Å². The molecular weight excluding hydrogens is 1500 g/mol. The average molecular weight is 1600 g/mol. The Morgan fingerprint density at radius 3 is 1.35 bits per heavy atom. The third kappa shape index (κ3) is 22.4. The molecule has 7 N–H and O–H groups in total. The molecule has 26 nitrogen and oxygen atoms in total. The zero-order valence-electron chi connectivity index (χ0n) is 62.1. The first-order valence-corrected chi connectivity index (χ1v) is 40.2. The van der Waals surface area contributed by atoms with Gasteiger partial charge in [-0.1, -0.05) is 34.1 Å². The van der Waals surface area contributed by atoms with Crippen LogP contribution in [0.15, 0.2) is 54.6 Å². The maximum atomic E-state index is 9.75. The molecule has 575 valence electrons. The molecule has 3 aromatic carbocycles. The van der Waals surface area contributed by atoms with Crippen molar-refractivity contribution in [3.05, 3.63) is 140 Å². The number of benzene rings is 3. The molecule has 3 aliphatic carbocycles. The van der Waals surface area contributed by atoms with Crippen molar-refractivity contribution in [1.29, 1.82) is 0 Å². The molecule has 0 bridgehead atoms. The number of morpholine rings is 3. The van der Waals surface area contributed by atoms with E-state index in [4.69, 9.17) is 80.1 Å². The van der Waals surface area contributed by atoms with Crippen LogP contribution in [0.3, 0.4) is 0 Å². The van der Waals surface area contributed by atoms with Gasteiger partial charge < -0.3 is 59.6 Å². The van der Waals surface area contributed by atoms with Gasteiger partial charge in [0.05, 0.1) is 183 Å². The molecule has 0 spiro atoms. The van der Waals surface area contributed by atoms with E-state index in [9.17, 15) is 10.2 Å². The maximum absolute atomic E-state index is 9.75. The molecule has 6 aliphatic rings. The molecule has 6 aromatic heterocycles. The number of rotatable bonds is 20. The average Bonchev–Trinajstić information content (AvgIpc) is 1.56. The van der Waals surface area contributed by atoms with E-state index in [-0.39, 0.29) is 37.2 Å². The summed E-state index contributed by atoms with van der Waals surface area (Å²) in [5, 5.41) is 39.3. The quantitative estimate of drug-likeness (QED) is 0.0212. The summed E-state index contributed by atoms with van der Waals surface area (Å²) < 4.78 is 37.7. The van der Waals surface area contributed by atoms with Crippen molar-refractivity contribution in [3.63, 3.8) is 0 Å². The summed E-state index contributed by atoms with van der Waals surface area (Å²) in [6, 6.07) is 18.0. The fourth-order valence-electron chi connectivity index (χ4n) is 14.2. The molecule has 106 heavy (non-hydrogen) atoms. The van der Waals surface area contributed by atoms with Gasteiger partial charge in [-0.2, -0.15) is 0 Å². The Hall–Kier alpha value is -6.47. The number of aliphatic hydroxyl groups excluding tert-OH is 3. The summed E-state index contributed by atoms with van der Waals surface area (Å²) in [5.74, 6) is 2.54. The first-order valence-electron chi connectivity index (χ1n) is 37.3. The van der Waals surface area contributed by atoms with Gasteiger partial charge in [0, 0.05) is 58.9 Å². The second-order valence-electron chi connectivity index (χ2n) is 27.4. The Bertz CT molecular complexity index is 4290. The van der Waals surface area contributed by atoms with Crippen LogP contribution in [0.1, 0.15) is 160 Å². The van der Waals surface area contributed by atoms with Crippen LogP contribution in [0.25, 0.3) is 33.1 Å². The molecule has 3 unspecified atom stereocenters. The number of aliphatic hydroxyl groups is 3. The minimum absolute atomic E-state index is 0.0152. The van der Waals surface area contributed by atoms with Gasteiger partial charge in [0.2, 0.25) is 17.8 Å². The molecule has 9 heterocycles. The van der Waals surface area contributed by atoms with Crippen LogP contribution in [0.2, 0.25) is 0 Å². The predicted molar refractivity (Wildman–Crippen MR) is 414 cm³/mol. The number of hydrogen-bond donors (Lipinski definition) is 7. The number of H-pyrrole nitrogens is 1. The molecule has 0 radical (unpaired) electrons. The Kier molecular flexibility index (Phi) is 32.4. The van der Waals surface area contributed by atoms with Gasteiger partial charge in [0.25, 0.3) is 0 Å². The third-order valence-electron chi connectivity index (χ3n) is 20.2. The number of fused-ring (bicyclic) bond motifs is 6. The van der Waals surface area contributed by atoms with Crippen molar-refractivity contribution < 1.29 is 52.0 Å². The Balaban J connectivity index is 0.000000154. The summed E-state index contributed by atoms with van der Waals surface area (Å²) in [6.45, 7) is 29.2. The Labute approximate surface area is 646 Å². The molecular formula is C76H105BrCl2MnN18O8. The van der Waals surface area contributed by atoms with E-state index >= 15 is 0 Å². The molecule has 15 rings (SSSR count). The molecule has 9 aromatic rings. The standard InChI is InChI=1S/2C25H34N6O2.C15H22N4O2.C10H13BrN2.CH2Cl2.Mn.2O/c1-17-18(2)28-24-21(27-17)5-3-6-22(24)31-23-15-19(16-32)7-8-20(23)29-25(31)26-9-4-10-30-11-13-33-14-12-30;1-17-18(2)28-24-20(27-17)5-3-6-23(24)31-22-8-7-19(16-32)15-21(22)29-25(31)26-9-4-10-30-11-13-33-14-12-30;20-11-12-2-3-13-14(10-12)18-15(17-13)16-4-1-5-19-6-8-21-9-7-19;1-6-7(2)13-10-8(11)4-3-5-9(10)12-6;2-1-3;;;/h7-8,15,22,32H,3-6,9-14,16H2,1-2H3,(H,26,29);7-8,15,23,32H,3-6,9-14,16H2,1-2H3,(H,26,29);2-3,10,20H,1,4-9,11H2,(H2,16,17,18);8H,3-5H2,1-2H3;1H2;;;. The predicted octanol–water partition coefficient (Wildman–Crippen LogP) is 11.2. The number of aryl methyl sites for hydroxylation is 9. The first kappa shape index (κ1) is 82.0. The zero-order valence-corrected chi connectivity index (χ0v) is 66.4. The van der Waals surface area contributed by atoms with Gasteiger partial charge in [-0.3, -0.25) is 44.6 Å². The van der Waals surface area contributed by atoms with Gasteiger partial charge >= 0.3 is 22.5 Å². The number of ether oxygens (including phenoxy) is 3. The number of aromatic amines is 1. The van der Waals surface area contributed by atoms with Gasteiger partial charge in [0.15, 0.2) is 0 Å². The van der Waals surface area contributed by atoms with E-state index in [0.717, 1.165) is 313 Å². The fourth-order valence-corrected chi connectivity index (χ4v) is 14.9. The minimum atomic E-state index is -1.44. The number of anilines is 3. The topological polar surface area (TPSA) is 310 Å². The Morgan fingerprint density at radius 2 is 0.868 bits per heavy atom. The number of nitrogens with one attached hydrogen (secondary N) is 4. The molecule has 30 heteroatoms. The zero-order chi connectivity index (χ0) is 74.9. The van der Waals surface area contributed by atoms with E-state index in [0.29, 0.717) is 4.83 Å². The molecule has 3 saturated heterocycles. The van der Waals surface area contributed by atoms with Gasteiger partial charge in [-0.15, -0.1) is 23.2 Å². The van der Waals surface area contributed by atoms with E-state index in [2.05, 4.69) is 87.8 Å². The van der Waals surface area contributed by atoms with E-state index in [1.165, 1.54) is 18.5 Å². The number of imidazole rings is 3. The Morgan fingerprint density at radius 1 is 0.481 bits per heavy atom. The van der Waals surface area contributed by atoms with Crippen LogP contribution in [-0.4, -0.2) is 213 Å². The summed E-state index contributed by atoms with van der Waals surface area (Å²) in [4.78, 5) is 54.3. The van der Waals surface area contributed by atoms with Crippen molar-refractivity contribution in [3.8, 4) is 0 Å². The van der Waals surface area contributed by atoms with Crippen molar-refractivity contribution in [2.75, 3.05) is 139 Å². The fraction of sp³-hybridized carbons (Fsp3) is 0.566. The number of halogens is 3. The van der Waals surface area contributed by atoms with Crippen LogP contribution in [-0.2, 0) is 75.8 Å². The van der Waals surface area contributed by atoms with Crippen molar-refractivity contribution in [2.45, 2.75) is 155 Å². The van der Waals surface area contributed by atoms with E-state index < -0.39 is 14.8 Å². The summed E-state index contributed by atoms with van der Waals surface area (Å²) in [5.41, 5.74) is 21.3. The van der Waals surface area contributed by atoms with Crippen LogP contribution < -0.4 is 16.0 Å². The van der Waals surface area contributed by atoms with E-state index in [1.54, 1.807) is 0 Å². The van der Waals surface area contributed by atoms with Gasteiger partial charge in [-0.05, 0) is 191 Å². The summed E-state index contributed by atoms with van der Waals surface area (Å²) in [7, 11) is 0. The van der Waals surface area contributed by atoms with Crippen LogP contribution in [0.5, 0.6) is 0 Å². The summed E-state index contributed by atoms with van der Waals surface area (Å²) in [6.07, 6.45) is 12.8. The van der Waals surface area contributed by atoms with Gasteiger partial charge in [-0.25, -0.2) is 15.0 Å². The number of hydrogen-bond acceptors (Lipinski definition) is 23. The molecule has 3 fully saturated rings. The second-order valence-corrected chi connectivity index (χ2v) is 29.5. The summed E-state index contributed by atoms with van der Waals surface area (Å²) >= 11 is 11.7. The number of nitrogens with zero attached hydrogens (tertiary/aromatic N) is 14. The second kappa shape index (κ2) is 41.9. The van der Waals surface area contributed by atoms with Crippen molar-refractivity contribution >= 4 is 90.1 Å². The van der Waals surface area contributed by atoms with Crippen molar-refractivity contribution in [1.82, 2.24) is 73.7 Å². The van der Waals surface area contributed by atoms with Crippen LogP contribution in [0.4, 0.5) is 17.8 Å². The van der Waals surface area contributed by atoms with Crippen LogP contribution in [0, 0.1) is 41.5 Å². The number of alkyl halides is 3. The third-order valence-corrected chi connectivity index (χ3v) is 21.1. The van der Waals surface area contributed by atoms with Crippen molar-refractivity contribution in [2.24, 2.45) is 0 Å². The first-order chi connectivity index (χ1) is 51.6. The SMILES string of the molecule is Cc1nc2c(nc1C)C(Br)CCC2.Cc1nc2c(nc1C)C(n1c(NCCCN3CCOCC3)nc3cc(CO)ccc31)CCC2.Cc1nc2c(nc1C)C(n1c(NCCCN3CCOCC3)nc3ccc(CO)cc31)CCC2.ClCCl.OCc1ccc2nc(NCCCN3CCOCC3)[nH]c2c1.[O]=[Mn]=[O].